The Bertz CT molecular complexity index is 1630. The zero-order valence-electron chi connectivity index (χ0n) is 22.0. The van der Waals surface area contributed by atoms with Crippen LogP contribution in [0.1, 0.15) is 29.9 Å². The molecule has 246 valence electrons. The van der Waals surface area contributed by atoms with Gasteiger partial charge in [-0.1, -0.05) is 25.1 Å². The molecule has 0 radical (unpaired) electrons. The number of phosphoric acid groups is 4. The summed E-state index contributed by atoms with van der Waals surface area (Å²) in [6.07, 6.45) is -6.22. The van der Waals surface area contributed by atoms with Gasteiger partial charge in [0.25, 0.3) is 36.9 Å². The minimum atomic E-state index is -6.48. The van der Waals surface area contributed by atoms with Gasteiger partial charge in [-0.15, -0.1) is 0 Å². The molecule has 3 rings (SSSR count). The first-order valence-corrected chi connectivity index (χ1v) is 17.8. The van der Waals surface area contributed by atoms with Crippen LogP contribution in [0.3, 0.4) is 0 Å². The highest BCUT2D eigenvalue weighted by Gasteiger charge is 2.48. The number of hydrogen-bond donors (Lipinski definition) is 2. The Hall–Kier alpha value is -2.15. The molecule has 1 aliphatic rings. The summed E-state index contributed by atoms with van der Waals surface area (Å²) < 4.78 is 77.5. The minimum Gasteiger partial charge on any atom is -0.756 e. The fraction of sp³-hybridized carbons (Fsp3) is 0.421. The Labute approximate surface area is 246 Å². The summed E-state index contributed by atoms with van der Waals surface area (Å²) in [5, 5.41) is 10.8. The van der Waals surface area contributed by atoms with Gasteiger partial charge < -0.3 is 43.2 Å². The highest BCUT2D eigenvalue weighted by molar-refractivity contribution is 7.68. The molecule has 2 heterocycles. The van der Waals surface area contributed by atoms with Crippen LogP contribution in [0.25, 0.3) is 0 Å². The molecule has 0 spiro atoms. The molecule has 1 aromatic carbocycles. The van der Waals surface area contributed by atoms with Crippen LogP contribution in [-0.4, -0.2) is 52.2 Å². The second-order valence-electron chi connectivity index (χ2n) is 8.47. The number of phosphoric ester groups is 2. The maximum atomic E-state index is 12.6. The van der Waals surface area contributed by atoms with Crippen molar-refractivity contribution in [1.29, 1.82) is 0 Å². The number of aromatic nitrogens is 2. The first kappa shape index (κ1) is 36.3. The van der Waals surface area contributed by atoms with Crippen LogP contribution in [0, 0.1) is 0 Å². The fourth-order valence-corrected chi connectivity index (χ4v) is 8.24. The molecule has 5 unspecified atom stereocenters. The van der Waals surface area contributed by atoms with E-state index in [1.54, 1.807) is 6.07 Å². The van der Waals surface area contributed by atoms with Gasteiger partial charge in [0.1, 0.15) is 12.2 Å². The highest BCUT2D eigenvalue weighted by Crippen LogP contribution is 2.66. The van der Waals surface area contributed by atoms with Crippen LogP contribution in [-0.2, 0) is 49.7 Å². The number of H-pyrrole nitrogens is 1. The van der Waals surface area contributed by atoms with Crippen LogP contribution in [0.2, 0.25) is 0 Å². The van der Waals surface area contributed by atoms with Gasteiger partial charge in [0, 0.05) is 12.3 Å². The van der Waals surface area contributed by atoms with Gasteiger partial charge in [0.15, 0.2) is 12.3 Å². The van der Waals surface area contributed by atoms with E-state index in [4.69, 9.17) is 9.47 Å². The van der Waals surface area contributed by atoms with E-state index in [9.17, 15) is 57.3 Å². The summed E-state index contributed by atoms with van der Waals surface area (Å²) in [6.45, 7) is -0.396. The van der Waals surface area contributed by atoms with Crippen LogP contribution in [0.5, 0.6) is 0 Å². The topological polar surface area (TPSA) is 317 Å². The zero-order valence-corrected chi connectivity index (χ0v) is 25.6. The van der Waals surface area contributed by atoms with E-state index >= 15 is 0 Å². The van der Waals surface area contributed by atoms with Gasteiger partial charge in [-0.25, -0.2) is 22.5 Å². The number of aliphatic hydroxyl groups excluding tert-OH is 1. The van der Waals surface area contributed by atoms with Crippen LogP contribution in [0.15, 0.2) is 52.2 Å². The van der Waals surface area contributed by atoms with Crippen LogP contribution >= 0.6 is 31.3 Å². The number of aromatic amines is 1. The van der Waals surface area contributed by atoms with Crippen molar-refractivity contribution in [2.75, 3.05) is 13.2 Å². The average Bonchev–Trinajstić information content (AvgIpc) is 3.19. The van der Waals surface area contributed by atoms with E-state index < -0.39 is 86.3 Å². The van der Waals surface area contributed by atoms with Crippen molar-refractivity contribution in [3.8, 4) is 0 Å². The molecule has 0 bridgehead atoms. The third kappa shape index (κ3) is 10.5. The van der Waals surface area contributed by atoms with Crippen molar-refractivity contribution in [2.45, 2.75) is 37.9 Å². The smallest absolute Gasteiger partial charge is 0.338 e. The number of carbonyl (C=O) groups excluding carboxylic acids is 1. The lowest BCUT2D eigenvalue weighted by atomic mass is 10.1. The first-order chi connectivity index (χ1) is 20.3. The van der Waals surface area contributed by atoms with Gasteiger partial charge in [0.05, 0.1) is 18.8 Å². The number of hydrogen-bond acceptors (Lipinski definition) is 19. The SMILES string of the molecule is CCCOP(=O)([O-])OP(=O)([O-])OP(=O)([O-])OP(=O)([O-])OC[C@H]1O[C@@H](n2ccc(=O)[nH]c2=O)[C@@H](OC(=O)c2ccccc2)C1O. The summed E-state index contributed by atoms with van der Waals surface area (Å²) in [4.78, 5) is 85.5. The molecular formula is C19H22N2O19P4-4. The van der Waals surface area contributed by atoms with Gasteiger partial charge in [0.2, 0.25) is 0 Å². The Morgan fingerprint density at radius 3 is 2.07 bits per heavy atom. The minimum absolute atomic E-state index is 0.000486. The standard InChI is InChI=1S/C19H26N2O19P4/c1-2-10-34-41(26,27)38-43(30,31)40-44(32,33)39-42(28,29)35-11-13-15(23)16(37-18(24)12-6-4-3-5-7-12)17(36-13)21-9-8-14(22)20-19(21)25/h3-9,13,15-17,23H,2,10-11H2,1H3,(H,26,27)(H,28,29)(H,30,31)(H,32,33)(H,20,22,25)/p-4/t13-,15?,16+,17-/m1/s1. The van der Waals surface area contributed by atoms with Crippen LogP contribution < -0.4 is 30.8 Å². The second-order valence-corrected chi connectivity index (χ2v) is 14.5. The van der Waals surface area contributed by atoms with E-state index in [1.165, 1.54) is 31.2 Å². The van der Waals surface area contributed by atoms with Crippen molar-refractivity contribution in [1.82, 2.24) is 9.55 Å². The Balaban J connectivity index is 1.73. The van der Waals surface area contributed by atoms with E-state index in [0.717, 1.165) is 12.3 Å². The molecule has 44 heavy (non-hydrogen) atoms. The maximum Gasteiger partial charge on any atom is 0.338 e. The Kier molecular flexibility index (Phi) is 12.0. The molecule has 1 saturated heterocycles. The molecule has 0 aliphatic carbocycles. The molecule has 1 fully saturated rings. The molecule has 8 atom stereocenters. The number of rotatable bonds is 15. The van der Waals surface area contributed by atoms with Crippen molar-refractivity contribution in [2.24, 2.45) is 0 Å². The fourth-order valence-electron chi connectivity index (χ4n) is 3.41. The molecule has 1 aliphatic heterocycles. The highest BCUT2D eigenvalue weighted by atomic mass is 31.3. The summed E-state index contributed by atoms with van der Waals surface area (Å²) >= 11 is 0. The van der Waals surface area contributed by atoms with E-state index in [2.05, 4.69) is 22.0 Å². The monoisotopic (exact) mass is 706 g/mol. The third-order valence-corrected chi connectivity index (χ3v) is 10.9. The lowest BCUT2D eigenvalue weighted by Crippen LogP contribution is -2.40. The van der Waals surface area contributed by atoms with Crippen molar-refractivity contribution in [3.05, 3.63) is 69.0 Å². The number of nitrogens with one attached hydrogen (secondary N) is 1. The van der Waals surface area contributed by atoms with E-state index in [-0.39, 0.29) is 12.0 Å². The molecule has 0 amide bonds. The number of carbonyl (C=O) groups is 1. The number of esters is 1. The summed E-state index contributed by atoms with van der Waals surface area (Å²) in [5.41, 5.74) is -1.91. The normalized spacial score (nSPS) is 25.7. The van der Waals surface area contributed by atoms with Crippen molar-refractivity contribution >= 4 is 37.3 Å². The summed E-state index contributed by atoms with van der Waals surface area (Å²) in [5.74, 6) is -1.02. The van der Waals surface area contributed by atoms with Crippen molar-refractivity contribution in [3.63, 3.8) is 0 Å². The van der Waals surface area contributed by atoms with Gasteiger partial charge in [-0.2, -0.15) is 0 Å². The van der Waals surface area contributed by atoms with E-state index in [1.807, 2.05) is 4.98 Å². The Morgan fingerprint density at radius 1 is 0.932 bits per heavy atom. The lowest BCUT2D eigenvalue weighted by molar-refractivity contribution is -0.254. The molecule has 2 aromatic rings. The second kappa shape index (κ2) is 14.5. The van der Waals surface area contributed by atoms with Crippen LogP contribution in [0.4, 0.5) is 0 Å². The zero-order chi connectivity index (χ0) is 32.9. The lowest BCUT2D eigenvalue weighted by Gasteiger charge is -2.36. The maximum absolute atomic E-state index is 12.6. The number of benzene rings is 1. The van der Waals surface area contributed by atoms with E-state index in [0.29, 0.717) is 4.57 Å². The Morgan fingerprint density at radius 2 is 1.50 bits per heavy atom. The largest absolute Gasteiger partial charge is 0.756 e. The average molecular weight is 706 g/mol. The van der Waals surface area contributed by atoms with Gasteiger partial charge in [-0.3, -0.25) is 32.6 Å². The predicted molar refractivity (Wildman–Crippen MR) is 133 cm³/mol. The summed E-state index contributed by atoms with van der Waals surface area (Å²) in [6, 6.07) is 8.13. The molecule has 0 saturated carbocycles. The molecular weight excluding hydrogens is 684 g/mol. The number of nitrogens with zero attached hydrogens (tertiary/aromatic N) is 1. The number of aliphatic hydroxyl groups is 1. The third-order valence-electron chi connectivity index (χ3n) is 5.14. The first-order valence-electron chi connectivity index (χ1n) is 11.9. The molecule has 21 nitrogen and oxygen atoms in total. The van der Waals surface area contributed by atoms with Crippen molar-refractivity contribution < 1.29 is 79.2 Å². The molecule has 2 N–H and O–H groups in total. The quantitative estimate of drug-likeness (QED) is 0.155. The molecule has 1 aromatic heterocycles. The van der Waals surface area contributed by atoms with Gasteiger partial charge >= 0.3 is 11.7 Å². The van der Waals surface area contributed by atoms with Gasteiger partial charge in [-0.05, 0) is 18.6 Å². The molecule has 25 heteroatoms. The predicted octanol–water partition coefficient (Wildman–Crippen LogP) is -1.61. The summed E-state index contributed by atoms with van der Waals surface area (Å²) in [7, 11) is -24.6. The number of ether oxygens (including phenoxy) is 2.